The van der Waals surface area contributed by atoms with Crippen LogP contribution in [-0.2, 0) is 28.8 Å². The van der Waals surface area contributed by atoms with Crippen LogP contribution < -0.4 is 27.0 Å². The van der Waals surface area contributed by atoms with Gasteiger partial charge < -0.3 is 37.2 Å². The van der Waals surface area contributed by atoms with Crippen LogP contribution in [0, 0.1) is 0 Å². The summed E-state index contributed by atoms with van der Waals surface area (Å²) in [7, 11) is 0. The van der Waals surface area contributed by atoms with Crippen LogP contribution in [-0.4, -0.2) is 76.5 Å². The van der Waals surface area contributed by atoms with E-state index in [1.54, 1.807) is 0 Å². The molecule has 4 amide bonds. The minimum absolute atomic E-state index is 0.156. The Hall–Kier alpha value is -3.22. The lowest BCUT2D eigenvalue weighted by Crippen LogP contribution is -2.56. The quantitative estimate of drug-likeness (QED) is 0.135. The highest BCUT2D eigenvalue weighted by Crippen LogP contribution is 2.05. The molecule has 32 heavy (non-hydrogen) atoms. The van der Waals surface area contributed by atoms with Crippen LogP contribution in [0.1, 0.15) is 52.9 Å². The molecule has 0 aliphatic heterocycles. The molecule has 0 aliphatic rings. The Kier molecular flexibility index (Phi) is 13.2. The van der Waals surface area contributed by atoms with Crippen molar-refractivity contribution in [1.29, 1.82) is 0 Å². The molecule has 0 aromatic carbocycles. The average Bonchev–Trinajstić information content (AvgIpc) is 2.68. The van der Waals surface area contributed by atoms with Gasteiger partial charge in [-0.1, -0.05) is 0 Å². The minimum atomic E-state index is -1.44. The van der Waals surface area contributed by atoms with Gasteiger partial charge in [0.1, 0.15) is 24.2 Å². The molecule has 13 nitrogen and oxygen atoms in total. The zero-order chi connectivity index (χ0) is 24.8. The van der Waals surface area contributed by atoms with Gasteiger partial charge in [-0.15, -0.1) is 0 Å². The first-order chi connectivity index (χ1) is 14.9. The van der Waals surface area contributed by atoms with E-state index in [9.17, 15) is 33.9 Å². The molecule has 8 N–H and O–H groups in total. The first-order valence-corrected chi connectivity index (χ1v) is 10.2. The first-order valence-electron chi connectivity index (χ1n) is 10.2. The number of nitrogens with one attached hydrogen (secondary N) is 4. The number of carboxylic acids is 2. The van der Waals surface area contributed by atoms with Crippen molar-refractivity contribution in [3.63, 3.8) is 0 Å². The molecular weight excluding hydrogens is 426 g/mol. The molecule has 0 aromatic heterocycles. The summed E-state index contributed by atoms with van der Waals surface area (Å²) >= 11 is 0. The second kappa shape index (κ2) is 14.7. The van der Waals surface area contributed by atoms with E-state index in [1.807, 2.05) is 0 Å². The molecule has 0 saturated carbocycles. The number of amides is 4. The van der Waals surface area contributed by atoms with Crippen LogP contribution in [0.4, 0.5) is 0 Å². The molecule has 0 radical (unpaired) electrons. The maximum Gasteiger partial charge on any atom is 0.326 e. The van der Waals surface area contributed by atoms with Crippen LogP contribution in [0.3, 0.4) is 0 Å². The van der Waals surface area contributed by atoms with Gasteiger partial charge in [0, 0.05) is 13.3 Å². The lowest BCUT2D eigenvalue weighted by atomic mass is 10.1. The third-order valence-corrected chi connectivity index (χ3v) is 4.41. The molecule has 0 heterocycles. The van der Waals surface area contributed by atoms with Crippen molar-refractivity contribution in [2.75, 3.05) is 6.54 Å². The molecular formula is C19H33N5O8. The largest absolute Gasteiger partial charge is 0.481 e. The normalized spacial score (nSPS) is 14.2. The number of carbonyl (C=O) groups is 6. The Balaban J connectivity index is 5.14. The summed E-state index contributed by atoms with van der Waals surface area (Å²) in [5.74, 6) is -5.13. The molecule has 0 aliphatic carbocycles. The molecule has 0 rings (SSSR count). The highest BCUT2D eigenvalue weighted by molar-refractivity contribution is 5.94. The van der Waals surface area contributed by atoms with Crippen LogP contribution in [0.5, 0.6) is 0 Å². The Bertz CT molecular complexity index is 699. The lowest BCUT2D eigenvalue weighted by molar-refractivity contribution is -0.143. The third kappa shape index (κ3) is 11.8. The predicted molar refractivity (Wildman–Crippen MR) is 112 cm³/mol. The summed E-state index contributed by atoms with van der Waals surface area (Å²) in [6.07, 6.45) is 0.386. The summed E-state index contributed by atoms with van der Waals surface area (Å²) in [5, 5.41) is 27.5. The van der Waals surface area contributed by atoms with Gasteiger partial charge in [-0.05, 0) is 46.1 Å². The SMILES string of the molecule is CC(=O)N[C@H](C)C(=O)N[C@H](C)C(=O)N[C@@H](CCCCN)C(=O)N[C@H](CCC(=O)O)C(=O)O. The summed E-state index contributed by atoms with van der Waals surface area (Å²) in [6.45, 7) is 4.42. The number of hydrogen-bond donors (Lipinski definition) is 7. The van der Waals surface area contributed by atoms with Gasteiger partial charge in [0.2, 0.25) is 23.6 Å². The van der Waals surface area contributed by atoms with Gasteiger partial charge in [-0.2, -0.15) is 0 Å². The van der Waals surface area contributed by atoms with E-state index < -0.39 is 66.2 Å². The number of carboxylic acid groups (broad SMARTS) is 2. The van der Waals surface area contributed by atoms with Crippen LogP contribution in [0.15, 0.2) is 0 Å². The van der Waals surface area contributed by atoms with Crippen molar-refractivity contribution < 1.29 is 39.0 Å². The molecule has 0 fully saturated rings. The van der Waals surface area contributed by atoms with E-state index in [-0.39, 0.29) is 12.8 Å². The molecule has 13 heteroatoms. The van der Waals surface area contributed by atoms with Gasteiger partial charge in [0.15, 0.2) is 0 Å². The number of rotatable bonds is 15. The number of aliphatic carboxylic acids is 2. The lowest BCUT2D eigenvalue weighted by Gasteiger charge is -2.24. The van der Waals surface area contributed by atoms with E-state index >= 15 is 0 Å². The molecule has 0 unspecified atom stereocenters. The van der Waals surface area contributed by atoms with Crippen molar-refractivity contribution >= 4 is 35.6 Å². The van der Waals surface area contributed by atoms with Gasteiger partial charge in [0.05, 0.1) is 0 Å². The maximum atomic E-state index is 12.6. The Labute approximate surface area is 185 Å². The highest BCUT2D eigenvalue weighted by Gasteiger charge is 2.28. The number of unbranched alkanes of at least 4 members (excludes halogenated alkanes) is 1. The fourth-order valence-electron chi connectivity index (χ4n) is 2.63. The summed E-state index contributed by atoms with van der Waals surface area (Å²) in [4.78, 5) is 70.2. The zero-order valence-corrected chi connectivity index (χ0v) is 18.5. The molecule has 0 bridgehead atoms. The van der Waals surface area contributed by atoms with Crippen molar-refractivity contribution in [3.05, 3.63) is 0 Å². The fraction of sp³-hybridized carbons (Fsp3) is 0.684. The zero-order valence-electron chi connectivity index (χ0n) is 18.5. The van der Waals surface area contributed by atoms with E-state index in [2.05, 4.69) is 21.3 Å². The predicted octanol–water partition coefficient (Wildman–Crippen LogP) is -1.94. The highest BCUT2D eigenvalue weighted by atomic mass is 16.4. The van der Waals surface area contributed by atoms with Gasteiger partial charge in [-0.25, -0.2) is 4.79 Å². The molecule has 0 saturated heterocycles. The topological polar surface area (TPSA) is 217 Å². The monoisotopic (exact) mass is 459 g/mol. The standard InChI is InChI=1S/C19H33N5O8/c1-10(21-12(3)25)16(28)22-11(2)17(29)23-13(6-4-5-9-20)18(30)24-14(19(31)32)7-8-15(26)27/h10-11,13-14H,4-9,20H2,1-3H3,(H,21,25)(H,22,28)(H,23,29)(H,24,30)(H,26,27)(H,31,32)/t10-,11-,13+,14-/m1/s1. The van der Waals surface area contributed by atoms with Crippen molar-refractivity contribution in [2.45, 2.75) is 77.0 Å². The summed E-state index contributed by atoms with van der Waals surface area (Å²) in [6, 6.07) is -4.49. The van der Waals surface area contributed by atoms with Crippen LogP contribution >= 0.6 is 0 Å². The third-order valence-electron chi connectivity index (χ3n) is 4.41. The van der Waals surface area contributed by atoms with Crippen LogP contribution in [0.25, 0.3) is 0 Å². The van der Waals surface area contributed by atoms with E-state index in [1.165, 1.54) is 20.8 Å². The van der Waals surface area contributed by atoms with Crippen molar-refractivity contribution in [2.24, 2.45) is 5.73 Å². The molecule has 0 aromatic rings. The summed E-state index contributed by atoms with van der Waals surface area (Å²) < 4.78 is 0. The first kappa shape index (κ1) is 28.8. The second-order valence-corrected chi connectivity index (χ2v) is 7.33. The average molecular weight is 460 g/mol. The number of nitrogens with two attached hydrogens (primary N) is 1. The van der Waals surface area contributed by atoms with E-state index in [4.69, 9.17) is 10.8 Å². The van der Waals surface area contributed by atoms with Crippen molar-refractivity contribution in [1.82, 2.24) is 21.3 Å². The Morgan fingerprint density at radius 1 is 0.750 bits per heavy atom. The number of carbonyl (C=O) groups excluding carboxylic acids is 4. The van der Waals surface area contributed by atoms with Crippen molar-refractivity contribution in [3.8, 4) is 0 Å². The van der Waals surface area contributed by atoms with E-state index in [0.29, 0.717) is 19.4 Å². The Morgan fingerprint density at radius 3 is 1.78 bits per heavy atom. The molecule has 0 spiro atoms. The van der Waals surface area contributed by atoms with Gasteiger partial charge >= 0.3 is 11.9 Å². The Morgan fingerprint density at radius 2 is 1.28 bits per heavy atom. The molecule has 182 valence electrons. The number of hydrogen-bond acceptors (Lipinski definition) is 7. The second-order valence-electron chi connectivity index (χ2n) is 7.33. The minimum Gasteiger partial charge on any atom is -0.481 e. The maximum absolute atomic E-state index is 12.6. The molecule has 4 atom stereocenters. The summed E-state index contributed by atoms with van der Waals surface area (Å²) in [5.41, 5.74) is 5.45. The fourth-order valence-corrected chi connectivity index (χ4v) is 2.63. The van der Waals surface area contributed by atoms with Gasteiger partial charge in [0.25, 0.3) is 0 Å². The van der Waals surface area contributed by atoms with Gasteiger partial charge in [-0.3, -0.25) is 24.0 Å². The van der Waals surface area contributed by atoms with E-state index in [0.717, 1.165) is 0 Å². The van der Waals surface area contributed by atoms with Crippen LogP contribution in [0.2, 0.25) is 0 Å². The smallest absolute Gasteiger partial charge is 0.326 e.